The zero-order valence-corrected chi connectivity index (χ0v) is 36.0. The fourth-order valence-corrected chi connectivity index (χ4v) is 10.2. The lowest BCUT2D eigenvalue weighted by atomic mass is 9.93. The van der Waals surface area contributed by atoms with Crippen molar-refractivity contribution < 1.29 is 4.42 Å². The van der Waals surface area contributed by atoms with Crippen LogP contribution in [0, 0.1) is 0 Å². The van der Waals surface area contributed by atoms with Gasteiger partial charge in [0, 0.05) is 33.2 Å². The van der Waals surface area contributed by atoms with Crippen molar-refractivity contribution in [1.82, 2.24) is 0 Å². The molecule has 13 rings (SSSR count). The molecule has 1 aromatic heterocycles. The van der Waals surface area contributed by atoms with E-state index in [2.05, 4.69) is 254 Å². The predicted octanol–water partition coefficient (Wildman–Crippen LogP) is 18.3. The highest BCUT2D eigenvalue weighted by Crippen LogP contribution is 2.43. The average Bonchev–Trinajstić information content (AvgIpc) is 3.79. The molecular weight excluding hydrogens is 799 g/mol. The number of hydrogen-bond acceptors (Lipinski definition) is 2. The van der Waals surface area contributed by atoms with E-state index in [1.54, 1.807) is 0 Å². The van der Waals surface area contributed by atoms with Crippen molar-refractivity contribution in [3.05, 3.63) is 249 Å². The molecule has 0 saturated heterocycles. The van der Waals surface area contributed by atoms with E-state index in [0.717, 1.165) is 55.5 Å². The van der Waals surface area contributed by atoms with E-state index in [4.69, 9.17) is 4.42 Å². The monoisotopic (exact) mass is 839 g/mol. The number of benzene rings is 12. The molecule has 0 radical (unpaired) electrons. The topological polar surface area (TPSA) is 16.4 Å². The Morgan fingerprint density at radius 1 is 0.258 bits per heavy atom. The quantitative estimate of drug-likeness (QED) is 0.149. The van der Waals surface area contributed by atoms with Gasteiger partial charge in [0.05, 0.1) is 0 Å². The third kappa shape index (κ3) is 6.42. The number of furan rings is 1. The molecule has 0 N–H and O–H groups in total. The molecule has 12 aromatic carbocycles. The van der Waals surface area contributed by atoms with Crippen molar-refractivity contribution >= 4 is 82.1 Å². The van der Waals surface area contributed by atoms with Gasteiger partial charge in [0.1, 0.15) is 11.2 Å². The van der Waals surface area contributed by atoms with Crippen LogP contribution in [0.2, 0.25) is 0 Å². The van der Waals surface area contributed by atoms with Crippen molar-refractivity contribution in [1.29, 1.82) is 0 Å². The van der Waals surface area contributed by atoms with Gasteiger partial charge in [-0.05, 0) is 149 Å². The van der Waals surface area contributed by atoms with Gasteiger partial charge >= 0.3 is 0 Å². The maximum absolute atomic E-state index is 6.63. The van der Waals surface area contributed by atoms with E-state index in [-0.39, 0.29) is 0 Å². The first-order valence-electron chi connectivity index (χ1n) is 22.6. The molecule has 2 heteroatoms. The molecule has 0 saturated carbocycles. The smallest absolute Gasteiger partial charge is 0.143 e. The molecular formula is C64H41NO. The van der Waals surface area contributed by atoms with Crippen LogP contribution < -0.4 is 4.90 Å². The summed E-state index contributed by atoms with van der Waals surface area (Å²) in [5.74, 6) is 0. The normalized spacial score (nSPS) is 11.6. The molecule has 1 heterocycles. The third-order valence-corrected chi connectivity index (χ3v) is 13.4. The Balaban J connectivity index is 0.925. The van der Waals surface area contributed by atoms with Gasteiger partial charge in [-0.3, -0.25) is 0 Å². The van der Waals surface area contributed by atoms with Crippen LogP contribution >= 0.6 is 0 Å². The Labute approximate surface area is 382 Å². The van der Waals surface area contributed by atoms with Crippen LogP contribution in [0.15, 0.2) is 253 Å². The average molecular weight is 840 g/mol. The van der Waals surface area contributed by atoms with Crippen molar-refractivity contribution in [3.63, 3.8) is 0 Å². The van der Waals surface area contributed by atoms with Crippen molar-refractivity contribution in [2.45, 2.75) is 0 Å². The summed E-state index contributed by atoms with van der Waals surface area (Å²) < 4.78 is 6.63. The van der Waals surface area contributed by atoms with Gasteiger partial charge in [-0.15, -0.1) is 0 Å². The summed E-state index contributed by atoms with van der Waals surface area (Å²) in [6.45, 7) is 0. The minimum absolute atomic E-state index is 0.887. The van der Waals surface area contributed by atoms with Gasteiger partial charge in [0.15, 0.2) is 0 Å². The second kappa shape index (κ2) is 15.5. The fourth-order valence-electron chi connectivity index (χ4n) is 10.2. The highest BCUT2D eigenvalue weighted by Gasteiger charge is 2.19. The second-order valence-electron chi connectivity index (χ2n) is 17.3. The Morgan fingerprint density at radius 2 is 0.833 bits per heavy atom. The standard InChI is InChI=1S/C64H41NO/c1-2-14-46-39-49(27-26-42(46)12-1)48-17-9-16-47(38-48)43-28-33-52(34-29-43)65(53-35-30-45(31-36-53)61-41-51-15-4-5-20-55(51)58-22-7-8-23-59(58)61)54-19-10-18-50(40-54)56-24-11-25-62-63(56)60-37-32-44-13-3-6-21-57(44)64(60)66-62/h1-41H. The molecule has 0 aliphatic rings. The largest absolute Gasteiger partial charge is 0.455 e. The Morgan fingerprint density at radius 3 is 1.64 bits per heavy atom. The van der Waals surface area contributed by atoms with E-state index >= 15 is 0 Å². The first-order chi connectivity index (χ1) is 32.7. The molecule has 0 spiro atoms. The van der Waals surface area contributed by atoms with Crippen molar-refractivity contribution in [2.24, 2.45) is 0 Å². The van der Waals surface area contributed by atoms with Crippen LogP contribution in [0.4, 0.5) is 17.1 Å². The molecule has 66 heavy (non-hydrogen) atoms. The van der Waals surface area contributed by atoms with Gasteiger partial charge in [-0.2, -0.15) is 0 Å². The molecule has 0 unspecified atom stereocenters. The fraction of sp³-hybridized carbons (Fsp3) is 0. The maximum Gasteiger partial charge on any atom is 0.143 e. The van der Waals surface area contributed by atoms with Gasteiger partial charge in [0.25, 0.3) is 0 Å². The van der Waals surface area contributed by atoms with E-state index in [1.165, 1.54) is 71.1 Å². The second-order valence-corrected chi connectivity index (χ2v) is 17.3. The number of anilines is 3. The molecule has 2 nitrogen and oxygen atoms in total. The van der Waals surface area contributed by atoms with Crippen LogP contribution in [0.1, 0.15) is 0 Å². The summed E-state index contributed by atoms with van der Waals surface area (Å²) in [5, 5.41) is 12.1. The maximum atomic E-state index is 6.63. The Hall–Kier alpha value is -8.72. The Bertz CT molecular complexity index is 3990. The highest BCUT2D eigenvalue weighted by atomic mass is 16.3. The molecule has 0 bridgehead atoms. The molecule has 0 amide bonds. The van der Waals surface area contributed by atoms with Crippen LogP contribution in [-0.2, 0) is 0 Å². The molecule has 0 fully saturated rings. The van der Waals surface area contributed by atoms with E-state index in [0.29, 0.717) is 0 Å². The molecule has 308 valence electrons. The van der Waals surface area contributed by atoms with Crippen molar-refractivity contribution in [3.8, 4) is 44.5 Å². The van der Waals surface area contributed by atoms with Crippen LogP contribution in [0.5, 0.6) is 0 Å². The summed E-state index contributed by atoms with van der Waals surface area (Å²) in [6, 6.07) is 90.3. The molecule has 13 aromatic rings. The summed E-state index contributed by atoms with van der Waals surface area (Å²) >= 11 is 0. The van der Waals surface area contributed by atoms with Gasteiger partial charge in [0.2, 0.25) is 0 Å². The highest BCUT2D eigenvalue weighted by molar-refractivity contribution is 6.19. The van der Waals surface area contributed by atoms with Crippen LogP contribution in [0.3, 0.4) is 0 Å². The molecule has 0 aliphatic carbocycles. The van der Waals surface area contributed by atoms with E-state index in [1.807, 2.05) is 0 Å². The molecule has 0 atom stereocenters. The van der Waals surface area contributed by atoms with Crippen LogP contribution in [-0.4, -0.2) is 0 Å². The lowest BCUT2D eigenvalue weighted by Crippen LogP contribution is -2.10. The predicted molar refractivity (Wildman–Crippen MR) is 280 cm³/mol. The Kier molecular flexibility index (Phi) is 8.89. The minimum Gasteiger partial charge on any atom is -0.455 e. The van der Waals surface area contributed by atoms with Gasteiger partial charge in [-0.25, -0.2) is 0 Å². The molecule has 0 aliphatic heterocycles. The van der Waals surface area contributed by atoms with Crippen LogP contribution in [0.25, 0.3) is 110 Å². The van der Waals surface area contributed by atoms with E-state index < -0.39 is 0 Å². The summed E-state index contributed by atoms with van der Waals surface area (Å²) in [4.78, 5) is 2.38. The minimum atomic E-state index is 0.887. The lowest BCUT2D eigenvalue weighted by Gasteiger charge is -2.26. The van der Waals surface area contributed by atoms with E-state index in [9.17, 15) is 0 Å². The summed E-state index contributed by atoms with van der Waals surface area (Å²) in [7, 11) is 0. The number of rotatable bonds is 7. The third-order valence-electron chi connectivity index (χ3n) is 13.4. The number of fused-ring (bicyclic) bond motifs is 9. The van der Waals surface area contributed by atoms with Crippen molar-refractivity contribution in [2.75, 3.05) is 4.90 Å². The number of nitrogens with zero attached hydrogens (tertiary/aromatic N) is 1. The zero-order valence-electron chi connectivity index (χ0n) is 36.0. The summed E-state index contributed by atoms with van der Waals surface area (Å²) in [6.07, 6.45) is 0. The first kappa shape index (κ1) is 37.8. The van der Waals surface area contributed by atoms with Gasteiger partial charge < -0.3 is 9.32 Å². The number of hydrogen-bond donors (Lipinski definition) is 0. The van der Waals surface area contributed by atoms with Gasteiger partial charge in [-0.1, -0.05) is 182 Å². The first-order valence-corrected chi connectivity index (χ1v) is 22.6. The lowest BCUT2D eigenvalue weighted by molar-refractivity contribution is 0.673. The summed E-state index contributed by atoms with van der Waals surface area (Å²) in [5.41, 5.74) is 14.5. The zero-order chi connectivity index (χ0) is 43.6. The SMILES string of the molecule is c1cc(-c2ccc(N(c3ccc(-c4cc5ccccc5c5ccccc45)cc3)c3cccc(-c4cccc5oc6c7ccccc7ccc6c45)c3)cc2)cc(-c2ccc3ccccc3c2)c1.